The smallest absolute Gasteiger partial charge is 0.163 e. The van der Waals surface area contributed by atoms with E-state index < -0.39 is 0 Å². The Balaban J connectivity index is 1.92. The predicted octanol–water partition coefficient (Wildman–Crippen LogP) is 5.31. The Morgan fingerprint density at radius 1 is 0.833 bits per heavy atom. The molecule has 0 spiro atoms. The van der Waals surface area contributed by atoms with Crippen LogP contribution < -0.4 is 14.8 Å². The second-order valence-electron chi connectivity index (χ2n) is 6.51. The van der Waals surface area contributed by atoms with Crippen LogP contribution in [-0.4, -0.2) is 18.8 Å². The predicted molar refractivity (Wildman–Crippen MR) is 101 cm³/mol. The number of rotatable bonds is 9. The molecular formula is C21H29NO2. The fourth-order valence-electron chi connectivity index (χ4n) is 2.49. The highest BCUT2D eigenvalue weighted by molar-refractivity contribution is 5.55. The summed E-state index contributed by atoms with van der Waals surface area (Å²) in [6.45, 7) is 9.03. The summed E-state index contributed by atoms with van der Waals surface area (Å²) < 4.78 is 11.7. The first-order valence-electron chi connectivity index (χ1n) is 8.79. The van der Waals surface area contributed by atoms with Gasteiger partial charge in [0, 0.05) is 18.3 Å². The molecule has 0 atom stereocenters. The molecule has 2 rings (SSSR count). The monoisotopic (exact) mass is 327 g/mol. The van der Waals surface area contributed by atoms with E-state index in [2.05, 4.69) is 35.6 Å². The van der Waals surface area contributed by atoms with Crippen molar-refractivity contribution in [3.63, 3.8) is 0 Å². The van der Waals surface area contributed by atoms with Gasteiger partial charge in [0.05, 0.1) is 12.2 Å². The Hall–Kier alpha value is -2.16. The third kappa shape index (κ3) is 6.15. The summed E-state index contributed by atoms with van der Waals surface area (Å²) in [6.07, 6.45) is 2.42. The van der Waals surface area contributed by atoms with Crippen molar-refractivity contribution < 1.29 is 9.47 Å². The van der Waals surface area contributed by atoms with Gasteiger partial charge in [0.15, 0.2) is 11.5 Å². The number of anilines is 1. The molecule has 2 aromatic carbocycles. The highest BCUT2D eigenvalue weighted by Crippen LogP contribution is 2.32. The summed E-state index contributed by atoms with van der Waals surface area (Å²) in [7, 11) is 0. The zero-order chi connectivity index (χ0) is 17.4. The number of hydrogen-bond donors (Lipinski definition) is 1. The molecule has 0 amide bonds. The SMILES string of the molecule is CC(C)Oc1ccc(NCCCc2ccccc2)cc1OC(C)C. The van der Waals surface area contributed by atoms with Crippen molar-refractivity contribution in [2.45, 2.75) is 52.7 Å². The van der Waals surface area contributed by atoms with Gasteiger partial charge in [-0.3, -0.25) is 0 Å². The third-order valence-electron chi connectivity index (χ3n) is 3.48. The van der Waals surface area contributed by atoms with Gasteiger partial charge in [0.25, 0.3) is 0 Å². The van der Waals surface area contributed by atoms with E-state index in [1.807, 2.05) is 45.9 Å². The molecule has 3 nitrogen and oxygen atoms in total. The van der Waals surface area contributed by atoms with Crippen LogP contribution in [0, 0.1) is 0 Å². The van der Waals surface area contributed by atoms with Gasteiger partial charge in [-0.2, -0.15) is 0 Å². The van der Waals surface area contributed by atoms with E-state index in [0.29, 0.717) is 0 Å². The average Bonchev–Trinajstić information content (AvgIpc) is 2.54. The van der Waals surface area contributed by atoms with Gasteiger partial charge in [-0.05, 0) is 58.2 Å². The first kappa shape index (κ1) is 18.2. The quantitative estimate of drug-likeness (QED) is 0.633. The summed E-state index contributed by atoms with van der Waals surface area (Å²) in [5.74, 6) is 1.60. The van der Waals surface area contributed by atoms with Crippen LogP contribution in [0.1, 0.15) is 39.7 Å². The lowest BCUT2D eigenvalue weighted by molar-refractivity contribution is 0.199. The van der Waals surface area contributed by atoms with Crippen LogP contribution in [0.2, 0.25) is 0 Å². The fourth-order valence-corrected chi connectivity index (χ4v) is 2.49. The molecule has 0 aliphatic heterocycles. The fraction of sp³-hybridized carbons (Fsp3) is 0.429. The molecule has 1 N–H and O–H groups in total. The van der Waals surface area contributed by atoms with Crippen molar-refractivity contribution in [1.29, 1.82) is 0 Å². The lowest BCUT2D eigenvalue weighted by Crippen LogP contribution is -2.11. The Labute approximate surface area is 146 Å². The normalized spacial score (nSPS) is 10.9. The van der Waals surface area contributed by atoms with E-state index in [9.17, 15) is 0 Å². The standard InChI is InChI=1S/C21H29NO2/c1-16(2)23-20-13-12-19(15-21(20)24-17(3)4)22-14-8-11-18-9-6-5-7-10-18/h5-7,9-10,12-13,15-17,22H,8,11,14H2,1-4H3. The average molecular weight is 327 g/mol. The molecule has 0 unspecified atom stereocenters. The molecular weight excluding hydrogens is 298 g/mol. The minimum atomic E-state index is 0.118. The molecule has 2 aromatic rings. The van der Waals surface area contributed by atoms with E-state index >= 15 is 0 Å². The Bertz CT molecular complexity index is 608. The van der Waals surface area contributed by atoms with Gasteiger partial charge in [0.2, 0.25) is 0 Å². The maximum absolute atomic E-state index is 5.90. The lowest BCUT2D eigenvalue weighted by atomic mass is 10.1. The number of ether oxygens (including phenoxy) is 2. The number of nitrogens with one attached hydrogen (secondary N) is 1. The molecule has 0 aromatic heterocycles. The first-order valence-corrected chi connectivity index (χ1v) is 8.79. The second-order valence-corrected chi connectivity index (χ2v) is 6.51. The van der Waals surface area contributed by atoms with Crippen molar-refractivity contribution in [2.24, 2.45) is 0 Å². The van der Waals surface area contributed by atoms with Gasteiger partial charge in [-0.1, -0.05) is 30.3 Å². The van der Waals surface area contributed by atoms with E-state index in [0.717, 1.165) is 36.6 Å². The van der Waals surface area contributed by atoms with Crippen LogP contribution >= 0.6 is 0 Å². The van der Waals surface area contributed by atoms with Gasteiger partial charge in [0.1, 0.15) is 0 Å². The Morgan fingerprint density at radius 3 is 2.17 bits per heavy atom. The topological polar surface area (TPSA) is 30.5 Å². The van der Waals surface area contributed by atoms with E-state index in [1.54, 1.807) is 0 Å². The highest BCUT2D eigenvalue weighted by Gasteiger charge is 2.10. The molecule has 0 saturated heterocycles. The molecule has 0 bridgehead atoms. The summed E-state index contributed by atoms with van der Waals surface area (Å²) in [6, 6.07) is 16.6. The first-order chi connectivity index (χ1) is 11.5. The van der Waals surface area contributed by atoms with Crippen LogP contribution in [0.3, 0.4) is 0 Å². The largest absolute Gasteiger partial charge is 0.487 e. The summed E-state index contributed by atoms with van der Waals surface area (Å²) in [5, 5.41) is 3.47. The molecule has 0 radical (unpaired) electrons. The summed E-state index contributed by atoms with van der Waals surface area (Å²) in [5.41, 5.74) is 2.44. The van der Waals surface area contributed by atoms with Crippen LogP contribution in [0.15, 0.2) is 48.5 Å². The second kappa shape index (κ2) is 9.21. The molecule has 3 heteroatoms. The van der Waals surface area contributed by atoms with Crippen molar-refractivity contribution in [3.05, 3.63) is 54.1 Å². The van der Waals surface area contributed by atoms with Gasteiger partial charge in [-0.15, -0.1) is 0 Å². The van der Waals surface area contributed by atoms with Gasteiger partial charge >= 0.3 is 0 Å². The minimum absolute atomic E-state index is 0.118. The zero-order valence-corrected chi connectivity index (χ0v) is 15.2. The van der Waals surface area contributed by atoms with Crippen LogP contribution in [0.5, 0.6) is 11.5 Å². The molecule has 0 fully saturated rings. The van der Waals surface area contributed by atoms with Crippen molar-refractivity contribution >= 4 is 5.69 Å². The maximum atomic E-state index is 5.90. The van der Waals surface area contributed by atoms with Crippen molar-refractivity contribution in [2.75, 3.05) is 11.9 Å². The highest BCUT2D eigenvalue weighted by atomic mass is 16.5. The van der Waals surface area contributed by atoms with E-state index in [-0.39, 0.29) is 12.2 Å². The van der Waals surface area contributed by atoms with Crippen LogP contribution in [0.4, 0.5) is 5.69 Å². The molecule has 0 saturated carbocycles. The van der Waals surface area contributed by atoms with Crippen molar-refractivity contribution in [1.82, 2.24) is 0 Å². The number of hydrogen-bond acceptors (Lipinski definition) is 3. The third-order valence-corrected chi connectivity index (χ3v) is 3.48. The van der Waals surface area contributed by atoms with Gasteiger partial charge in [-0.25, -0.2) is 0 Å². The Morgan fingerprint density at radius 2 is 1.50 bits per heavy atom. The van der Waals surface area contributed by atoms with Crippen LogP contribution in [0.25, 0.3) is 0 Å². The summed E-state index contributed by atoms with van der Waals surface area (Å²) >= 11 is 0. The lowest BCUT2D eigenvalue weighted by Gasteiger charge is -2.18. The molecule has 0 aliphatic rings. The molecule has 130 valence electrons. The molecule has 24 heavy (non-hydrogen) atoms. The van der Waals surface area contributed by atoms with E-state index in [1.165, 1.54) is 5.56 Å². The Kier molecular flexibility index (Phi) is 6.98. The van der Waals surface area contributed by atoms with E-state index in [4.69, 9.17) is 9.47 Å². The van der Waals surface area contributed by atoms with Gasteiger partial charge < -0.3 is 14.8 Å². The zero-order valence-electron chi connectivity index (χ0n) is 15.2. The maximum Gasteiger partial charge on any atom is 0.163 e. The molecule has 0 aliphatic carbocycles. The number of aryl methyl sites for hydroxylation is 1. The number of benzene rings is 2. The minimum Gasteiger partial charge on any atom is -0.487 e. The molecule has 0 heterocycles. The van der Waals surface area contributed by atoms with Crippen molar-refractivity contribution in [3.8, 4) is 11.5 Å². The summed E-state index contributed by atoms with van der Waals surface area (Å²) in [4.78, 5) is 0. The van der Waals surface area contributed by atoms with Crippen LogP contribution in [-0.2, 0) is 6.42 Å².